The minimum atomic E-state index is -2.20. The largest absolute Gasteiger partial charge is 0.432 e. The molecule has 0 radical (unpaired) electrons. The maximum Gasteiger partial charge on any atom is 0.317 e. The second kappa shape index (κ2) is 41.9. The predicted molar refractivity (Wildman–Crippen MR) is 433 cm³/mol. The van der Waals surface area contributed by atoms with E-state index in [0.29, 0.717) is 44.9 Å². The molecular formula is C87H145NO40. The van der Waals surface area contributed by atoms with Crippen LogP contribution in [0, 0.1) is 44.8 Å². The molecule has 0 aromatic carbocycles. The number of amides is 1. The average molecular weight is 1850 g/mol. The first-order chi connectivity index (χ1) is 60.5. The molecule has 22 N–H and O–H groups in total. The van der Waals surface area contributed by atoms with Gasteiger partial charge in [-0.2, -0.15) is 0 Å². The Balaban J connectivity index is 0.759. The van der Waals surface area contributed by atoms with Gasteiger partial charge in [0.1, 0.15) is 158 Å². The van der Waals surface area contributed by atoms with Gasteiger partial charge in [0.15, 0.2) is 56.2 Å². The van der Waals surface area contributed by atoms with Crippen molar-refractivity contribution in [1.82, 2.24) is 5.32 Å². The number of ether oxygens (including phenoxy) is 17. The van der Waals surface area contributed by atoms with Gasteiger partial charge in [0.25, 0.3) is 5.91 Å². The maximum atomic E-state index is 16.2. The Kier molecular flexibility index (Phi) is 33.6. The van der Waals surface area contributed by atoms with Crippen molar-refractivity contribution in [1.29, 1.82) is 0 Å². The number of allylic oxidation sites excluding steroid dienone is 2. The van der Waals surface area contributed by atoms with Crippen LogP contribution < -0.4 is 5.32 Å². The number of esters is 1. The summed E-state index contributed by atoms with van der Waals surface area (Å²) in [5, 5.41) is 240. The molecule has 20 unspecified atom stereocenters. The first-order valence-electron chi connectivity index (χ1n) is 46.1. The lowest BCUT2D eigenvalue weighted by Crippen LogP contribution is -2.71. The van der Waals surface area contributed by atoms with Crippen molar-refractivity contribution in [3.63, 3.8) is 0 Å². The Hall–Kier alpha value is -2.80. The molecular weight excluding hydrogens is 1700 g/mol. The summed E-state index contributed by atoms with van der Waals surface area (Å²) in [7, 11) is 1.55. The summed E-state index contributed by atoms with van der Waals surface area (Å²) in [6.45, 7) is 14.3. The summed E-state index contributed by atoms with van der Waals surface area (Å²) in [6.07, 6.45) is -54.4. The normalized spacial score (nSPS) is 51.0. The van der Waals surface area contributed by atoms with Gasteiger partial charge >= 0.3 is 5.97 Å². The Labute approximate surface area is 744 Å². The van der Waals surface area contributed by atoms with E-state index >= 15 is 4.79 Å². The third kappa shape index (κ3) is 19.8. The van der Waals surface area contributed by atoms with Crippen LogP contribution in [0.1, 0.15) is 184 Å². The molecule has 47 atom stereocenters. The zero-order valence-corrected chi connectivity index (χ0v) is 74.7. The van der Waals surface area contributed by atoms with Crippen molar-refractivity contribution >= 4 is 11.9 Å². The number of aliphatic hydroxyl groups is 21. The number of fused-ring (bicyclic) bond motifs is 7. The highest BCUT2D eigenvalue weighted by molar-refractivity contribution is 5.82. The summed E-state index contributed by atoms with van der Waals surface area (Å²) in [5.41, 5.74) is -4.60. The van der Waals surface area contributed by atoms with Crippen molar-refractivity contribution < 1.29 is 197 Å². The number of hydrogen-bond acceptors (Lipinski definition) is 40. The molecule has 12 fully saturated rings. The molecule has 0 bridgehead atoms. The van der Waals surface area contributed by atoms with E-state index in [0.717, 1.165) is 44.1 Å². The van der Waals surface area contributed by atoms with Gasteiger partial charge in [-0.1, -0.05) is 111 Å². The molecule has 41 heteroatoms. The van der Waals surface area contributed by atoms with E-state index in [2.05, 4.69) is 52.9 Å². The lowest BCUT2D eigenvalue weighted by molar-refractivity contribution is -0.397. The highest BCUT2D eigenvalue weighted by atomic mass is 16.8. The minimum absolute atomic E-state index is 0.0406. The Bertz CT molecular complexity index is 3620. The molecule has 738 valence electrons. The molecule has 1 amide bonds. The van der Waals surface area contributed by atoms with E-state index in [4.69, 9.17) is 80.5 Å². The summed E-state index contributed by atoms with van der Waals surface area (Å²) in [5.74, 6) is -2.96. The number of aliphatic hydroxyl groups excluding tert-OH is 21. The van der Waals surface area contributed by atoms with Gasteiger partial charge in [-0.15, -0.1) is 0 Å². The fourth-order valence-electron chi connectivity index (χ4n) is 23.4. The van der Waals surface area contributed by atoms with Crippen LogP contribution >= 0.6 is 0 Å². The zero-order valence-electron chi connectivity index (χ0n) is 74.7. The second-order valence-electron chi connectivity index (χ2n) is 40.0. The Morgan fingerprint density at radius 2 is 0.930 bits per heavy atom. The van der Waals surface area contributed by atoms with Gasteiger partial charge in [-0.25, -0.2) is 0 Å². The molecule has 4 saturated carbocycles. The third-order valence-corrected chi connectivity index (χ3v) is 31.5. The van der Waals surface area contributed by atoms with Crippen molar-refractivity contribution in [2.45, 2.75) is 429 Å². The molecule has 5 aliphatic carbocycles. The average Bonchev–Trinajstić information content (AvgIpc) is 0.668. The SMILES string of the molecule is CCCCCCCCCCCCNC(=O)C1O[C@@H](O[C@H]2CCC3(C)C4CC=C5C6CC(C)(C)CCC6(C(=O)O[C@@H]6OC(C)[C@H](O)[C@H](O)C6OC6OC(C)[C@H](O[C@@H]7OC[C@@H](O)[C@H](O[C@@H]8OC[C@@H](O)[C@H](O)C8O)C7O)C(O[C@@H]7OC(CO)[C@@H](O)[C@H](O)C7O)[C@@H]6O)[C@@H](O)C[C@@]5(C)C4(C)CC[C@H]3C2(C)OC)C(O[C@@H]2OC(CO)[C@H](O)[C@H](O)C2O)[C@@H](O[C@@H]2OC[C@@H](O)[C@H](O)C2O)[C@@H]1O. The highest BCUT2D eigenvalue weighted by Gasteiger charge is 2.74. The van der Waals surface area contributed by atoms with Crippen molar-refractivity contribution in [2.24, 2.45) is 44.8 Å². The van der Waals surface area contributed by atoms with E-state index in [1.165, 1.54) is 33.1 Å². The number of carbonyl (C=O) groups is 2. The van der Waals surface area contributed by atoms with Crippen molar-refractivity contribution in [3.05, 3.63) is 11.6 Å². The van der Waals surface area contributed by atoms with Crippen LogP contribution in [0.5, 0.6) is 0 Å². The number of unbranched alkanes of at least 4 members (excludes halogenated alkanes) is 9. The molecule has 0 spiro atoms. The van der Waals surface area contributed by atoms with Gasteiger partial charge in [-0.05, 0) is 124 Å². The van der Waals surface area contributed by atoms with Crippen LogP contribution in [0.25, 0.3) is 0 Å². The lowest BCUT2D eigenvalue weighted by atomic mass is 9.34. The van der Waals surface area contributed by atoms with Crippen molar-refractivity contribution in [2.75, 3.05) is 46.7 Å². The molecule has 41 nitrogen and oxygen atoms in total. The molecule has 13 rings (SSSR count). The van der Waals surface area contributed by atoms with Gasteiger partial charge < -0.3 is 193 Å². The standard InChI is InChI=1S/C87H145NO40/c1-11-12-13-14-15-16-17-18-19-20-29-88-72(110)69-62(107)67(123-74-59(104)52(97)42(92)35-114-74)71(127-77-61(106)56(101)54(99)45(33-90)119-77)80(125-69)120-49-24-25-83(6)46-22-21-39-40-30-82(4,5)27-28-87(40,48(94)31-85(39,8)84(46,7)26-23-47(83)86(49,9)112-10)81(111)128-79-70(57(102)50(95)37(2)116-79)126-78-64(109)68(124-76-60(105)55(100)53(98)44(32-89)118-76)65(38(3)117-78)121-75-63(108)66(43(93)36-115-75)122-73-58(103)51(96)41(91)34-113-73/h21,37-38,40-71,73-80,89-109H,11-20,22-36H2,1-10H3,(H,88,110)/t37?,38?,40?,41-,42-,43-,44?,45?,46?,47-,48+,49+,50+,51+,52+,53-,54+,55+,56+,57+,58?,59?,60?,61?,62+,63?,64+,65+,66+,67+,68?,69?,70?,71?,73+,74+,75+,76+,77+,78?,79+,80-,83?,84?,85-,86?,87?/m1/s1. The molecule has 8 aliphatic heterocycles. The Morgan fingerprint density at radius 3 is 1.51 bits per heavy atom. The van der Waals surface area contributed by atoms with Gasteiger partial charge in [0.05, 0.1) is 63.1 Å². The molecule has 8 heterocycles. The smallest absolute Gasteiger partial charge is 0.317 e. The molecule has 8 saturated heterocycles. The fraction of sp³-hybridized carbons (Fsp3) is 0.954. The van der Waals surface area contributed by atoms with Crippen LogP contribution in [0.3, 0.4) is 0 Å². The number of nitrogens with one attached hydrogen (secondary N) is 1. The van der Waals surface area contributed by atoms with Gasteiger partial charge in [-0.3, -0.25) is 9.59 Å². The van der Waals surface area contributed by atoms with Crippen LogP contribution in [-0.2, 0) is 90.1 Å². The van der Waals surface area contributed by atoms with Crippen LogP contribution in [0.4, 0.5) is 0 Å². The van der Waals surface area contributed by atoms with Crippen LogP contribution in [0.15, 0.2) is 11.6 Å². The highest BCUT2D eigenvalue weighted by Crippen LogP contribution is 2.76. The monoisotopic (exact) mass is 1840 g/mol. The quantitative estimate of drug-likeness (QED) is 0.0135. The van der Waals surface area contributed by atoms with Gasteiger partial charge in [0, 0.05) is 13.7 Å². The first-order valence-corrected chi connectivity index (χ1v) is 46.1. The van der Waals surface area contributed by atoms with E-state index in [1.54, 1.807) is 7.11 Å². The van der Waals surface area contributed by atoms with Crippen LogP contribution in [0.2, 0.25) is 0 Å². The molecule has 0 aromatic rings. The maximum absolute atomic E-state index is 16.2. The third-order valence-electron chi connectivity index (χ3n) is 31.5. The van der Waals surface area contributed by atoms with E-state index in [-0.39, 0.29) is 37.6 Å². The molecule has 13 aliphatic rings. The Morgan fingerprint density at radius 1 is 0.438 bits per heavy atom. The fourth-order valence-corrected chi connectivity index (χ4v) is 23.4. The van der Waals surface area contributed by atoms with Crippen molar-refractivity contribution in [3.8, 4) is 0 Å². The predicted octanol–water partition coefficient (Wildman–Crippen LogP) is -4.37. The van der Waals surface area contributed by atoms with Crippen LogP contribution in [-0.4, -0.2) is 411 Å². The molecule has 128 heavy (non-hydrogen) atoms. The summed E-state index contributed by atoms with van der Waals surface area (Å²) < 4.78 is 106. The topological polar surface area (TPSA) is 628 Å². The summed E-state index contributed by atoms with van der Waals surface area (Å²) in [4.78, 5) is 30.9. The number of hydrogen-bond donors (Lipinski definition) is 22. The zero-order chi connectivity index (χ0) is 93.1. The van der Waals surface area contributed by atoms with E-state index < -0.39 is 323 Å². The number of rotatable bonds is 31. The molecule has 0 aromatic heterocycles. The number of methoxy groups -OCH3 is 1. The van der Waals surface area contributed by atoms with E-state index in [9.17, 15) is 112 Å². The van der Waals surface area contributed by atoms with Gasteiger partial charge in [0.2, 0.25) is 6.29 Å². The number of carbonyl (C=O) groups excluding carboxylic acids is 2. The first kappa shape index (κ1) is 103. The minimum Gasteiger partial charge on any atom is -0.432 e. The summed E-state index contributed by atoms with van der Waals surface area (Å²) in [6, 6.07) is 0. The summed E-state index contributed by atoms with van der Waals surface area (Å²) >= 11 is 0. The van der Waals surface area contributed by atoms with E-state index in [1.807, 2.05) is 6.92 Å². The lowest BCUT2D eigenvalue weighted by Gasteiger charge is -2.71. The second-order valence-corrected chi connectivity index (χ2v) is 40.0.